The Morgan fingerprint density at radius 3 is 3.00 bits per heavy atom. The van der Waals surface area contributed by atoms with Crippen molar-refractivity contribution in [1.29, 1.82) is 0 Å². The van der Waals surface area contributed by atoms with Gasteiger partial charge in [-0.15, -0.1) is 0 Å². The molecule has 0 saturated carbocycles. The molecule has 0 radical (unpaired) electrons. The zero-order valence-electron chi connectivity index (χ0n) is 9.70. The molecule has 1 saturated heterocycles. The second kappa shape index (κ2) is 4.99. The number of anilines is 2. The number of nitrogens with one attached hydrogen (secondary N) is 1. The van der Waals surface area contributed by atoms with Crippen LogP contribution in [-0.2, 0) is 0 Å². The quantitative estimate of drug-likeness (QED) is 0.926. The van der Waals surface area contributed by atoms with Crippen LogP contribution < -0.4 is 10.2 Å². The van der Waals surface area contributed by atoms with Crippen LogP contribution in [0.5, 0.6) is 0 Å². The third-order valence-electron chi connectivity index (χ3n) is 3.17. The van der Waals surface area contributed by atoms with Crippen LogP contribution in [0.2, 0.25) is 0 Å². The molecule has 1 aliphatic heterocycles. The molecule has 0 bridgehead atoms. The van der Waals surface area contributed by atoms with Crippen molar-refractivity contribution < 1.29 is 0 Å². The van der Waals surface area contributed by atoms with E-state index in [1.165, 1.54) is 12.8 Å². The van der Waals surface area contributed by atoms with Gasteiger partial charge in [0.2, 0.25) is 0 Å². The fourth-order valence-electron chi connectivity index (χ4n) is 2.11. The van der Waals surface area contributed by atoms with Gasteiger partial charge in [-0.25, -0.2) is 9.97 Å². The fourth-order valence-corrected chi connectivity index (χ4v) is 2.77. The normalized spacial score (nSPS) is 20.2. The number of aromatic nitrogens is 2. The number of hydrogen-bond donors (Lipinski definition) is 1. The Morgan fingerprint density at radius 2 is 2.38 bits per heavy atom. The molecule has 1 unspecified atom stereocenters. The van der Waals surface area contributed by atoms with Gasteiger partial charge in [-0.05, 0) is 28.3 Å². The second-order valence-electron chi connectivity index (χ2n) is 4.12. The average molecular weight is 285 g/mol. The summed E-state index contributed by atoms with van der Waals surface area (Å²) in [6.45, 7) is 4.45. The van der Waals surface area contributed by atoms with Gasteiger partial charge < -0.3 is 10.2 Å². The highest BCUT2D eigenvalue weighted by Gasteiger charge is 2.24. The monoisotopic (exact) mass is 284 g/mol. The summed E-state index contributed by atoms with van der Waals surface area (Å²) in [5, 5.41) is 3.06. The molecule has 4 nitrogen and oxygen atoms in total. The first-order valence-corrected chi connectivity index (χ1v) is 6.48. The predicted octanol–water partition coefficient (Wildman–Crippen LogP) is 2.52. The van der Waals surface area contributed by atoms with Crippen LogP contribution in [0, 0.1) is 5.92 Å². The summed E-state index contributed by atoms with van der Waals surface area (Å²) in [6.07, 6.45) is 4.13. The molecular formula is C11H17BrN4. The van der Waals surface area contributed by atoms with Gasteiger partial charge in [0.25, 0.3) is 0 Å². The summed E-state index contributed by atoms with van der Waals surface area (Å²) in [4.78, 5) is 10.9. The summed E-state index contributed by atoms with van der Waals surface area (Å²) in [7, 11) is 1.87. The Kier molecular flexibility index (Phi) is 3.63. The maximum Gasteiger partial charge on any atom is 0.148 e. The summed E-state index contributed by atoms with van der Waals surface area (Å²) in [6, 6.07) is 0. The maximum atomic E-state index is 4.37. The van der Waals surface area contributed by atoms with Gasteiger partial charge in [0.05, 0.1) is 0 Å². The highest BCUT2D eigenvalue weighted by molar-refractivity contribution is 9.10. The zero-order valence-corrected chi connectivity index (χ0v) is 11.3. The minimum absolute atomic E-state index is 0.805. The van der Waals surface area contributed by atoms with Crippen LogP contribution in [0.3, 0.4) is 0 Å². The number of nitrogens with zero attached hydrogens (tertiary/aromatic N) is 3. The smallest absolute Gasteiger partial charge is 0.148 e. The van der Waals surface area contributed by atoms with Crippen molar-refractivity contribution in [2.75, 3.05) is 30.4 Å². The van der Waals surface area contributed by atoms with Crippen molar-refractivity contribution in [3.05, 3.63) is 10.8 Å². The minimum Gasteiger partial charge on any atom is -0.372 e. The lowest BCUT2D eigenvalue weighted by Crippen LogP contribution is -2.21. The van der Waals surface area contributed by atoms with Crippen molar-refractivity contribution in [3.63, 3.8) is 0 Å². The van der Waals surface area contributed by atoms with Gasteiger partial charge in [0.1, 0.15) is 22.4 Å². The predicted molar refractivity (Wildman–Crippen MR) is 69.9 cm³/mol. The molecule has 2 heterocycles. The molecule has 1 aliphatic rings. The van der Waals surface area contributed by atoms with E-state index < -0.39 is 0 Å². The van der Waals surface area contributed by atoms with Crippen molar-refractivity contribution in [2.24, 2.45) is 5.92 Å². The second-order valence-corrected chi connectivity index (χ2v) is 4.91. The maximum absolute atomic E-state index is 4.37. The van der Waals surface area contributed by atoms with E-state index in [0.29, 0.717) is 0 Å². The van der Waals surface area contributed by atoms with E-state index in [4.69, 9.17) is 0 Å². The lowest BCUT2D eigenvalue weighted by atomic mass is 10.1. The zero-order chi connectivity index (χ0) is 11.5. The van der Waals surface area contributed by atoms with E-state index in [0.717, 1.165) is 35.1 Å². The summed E-state index contributed by atoms with van der Waals surface area (Å²) in [5.74, 6) is 2.67. The fraction of sp³-hybridized carbons (Fsp3) is 0.636. The first-order chi connectivity index (χ1) is 7.76. The molecule has 1 atom stereocenters. The Balaban J connectivity index is 2.21. The summed E-state index contributed by atoms with van der Waals surface area (Å²) < 4.78 is 0.967. The van der Waals surface area contributed by atoms with E-state index in [2.05, 4.69) is 43.0 Å². The molecule has 0 aliphatic carbocycles. The molecule has 88 valence electrons. The van der Waals surface area contributed by atoms with Gasteiger partial charge in [0.15, 0.2) is 0 Å². The molecular weight excluding hydrogens is 268 g/mol. The molecule has 16 heavy (non-hydrogen) atoms. The third-order valence-corrected chi connectivity index (χ3v) is 3.90. The van der Waals surface area contributed by atoms with E-state index in [-0.39, 0.29) is 0 Å². The molecule has 5 heteroatoms. The van der Waals surface area contributed by atoms with E-state index in [1.54, 1.807) is 6.33 Å². The molecule has 0 amide bonds. The molecule has 2 rings (SSSR count). The molecule has 0 spiro atoms. The third kappa shape index (κ3) is 2.14. The number of rotatable bonds is 3. The standard InChI is InChI=1S/C11H17BrN4/c1-3-8-4-5-16(6-8)11-9(12)10(13-2)14-7-15-11/h7-8H,3-6H2,1-2H3,(H,13,14,15). The van der Waals surface area contributed by atoms with Gasteiger partial charge >= 0.3 is 0 Å². The first kappa shape index (κ1) is 11.6. The van der Waals surface area contributed by atoms with E-state index in [1.807, 2.05) is 7.05 Å². The SMILES string of the molecule is CCC1CCN(c2ncnc(NC)c2Br)C1. The van der Waals surface area contributed by atoms with E-state index in [9.17, 15) is 0 Å². The van der Waals surface area contributed by atoms with E-state index >= 15 is 0 Å². The summed E-state index contributed by atoms with van der Waals surface area (Å²) in [5.41, 5.74) is 0. The Hall–Kier alpha value is -0.840. The summed E-state index contributed by atoms with van der Waals surface area (Å²) >= 11 is 3.56. The Labute approximate surface area is 105 Å². The lowest BCUT2D eigenvalue weighted by Gasteiger charge is -2.19. The molecule has 0 aromatic carbocycles. The number of halogens is 1. The van der Waals surface area contributed by atoms with Crippen molar-refractivity contribution in [2.45, 2.75) is 19.8 Å². The van der Waals surface area contributed by atoms with Crippen LogP contribution in [0.25, 0.3) is 0 Å². The van der Waals surface area contributed by atoms with Gasteiger partial charge in [0, 0.05) is 20.1 Å². The van der Waals surface area contributed by atoms with Gasteiger partial charge in [-0.1, -0.05) is 13.3 Å². The van der Waals surface area contributed by atoms with Crippen LogP contribution in [0.15, 0.2) is 10.8 Å². The van der Waals surface area contributed by atoms with Crippen molar-refractivity contribution in [3.8, 4) is 0 Å². The Bertz CT molecular complexity index is 369. The minimum atomic E-state index is 0.805. The van der Waals surface area contributed by atoms with Crippen LogP contribution in [0.1, 0.15) is 19.8 Å². The van der Waals surface area contributed by atoms with Crippen molar-refractivity contribution in [1.82, 2.24) is 9.97 Å². The highest BCUT2D eigenvalue weighted by atomic mass is 79.9. The van der Waals surface area contributed by atoms with Gasteiger partial charge in [-0.3, -0.25) is 0 Å². The molecule has 1 N–H and O–H groups in total. The topological polar surface area (TPSA) is 41.1 Å². The van der Waals surface area contributed by atoms with Crippen LogP contribution in [-0.4, -0.2) is 30.1 Å². The highest BCUT2D eigenvalue weighted by Crippen LogP contribution is 2.32. The number of hydrogen-bond acceptors (Lipinski definition) is 4. The molecule has 1 aromatic heterocycles. The van der Waals surface area contributed by atoms with Crippen LogP contribution in [0.4, 0.5) is 11.6 Å². The average Bonchev–Trinajstić information content (AvgIpc) is 2.78. The largest absolute Gasteiger partial charge is 0.372 e. The van der Waals surface area contributed by atoms with Crippen molar-refractivity contribution >= 4 is 27.6 Å². The van der Waals surface area contributed by atoms with Gasteiger partial charge in [-0.2, -0.15) is 0 Å². The Morgan fingerprint density at radius 1 is 1.56 bits per heavy atom. The van der Waals surface area contributed by atoms with Crippen LogP contribution >= 0.6 is 15.9 Å². The molecule has 1 fully saturated rings. The lowest BCUT2D eigenvalue weighted by molar-refractivity contribution is 0.568. The molecule has 1 aromatic rings. The first-order valence-electron chi connectivity index (χ1n) is 5.69.